The van der Waals surface area contributed by atoms with Crippen molar-refractivity contribution in [3.8, 4) is 5.75 Å². The lowest BCUT2D eigenvalue weighted by Crippen LogP contribution is -2.43. The van der Waals surface area contributed by atoms with E-state index in [4.69, 9.17) is 16.3 Å². The van der Waals surface area contributed by atoms with Crippen LogP contribution in [0.15, 0.2) is 18.2 Å². The second-order valence-corrected chi connectivity index (χ2v) is 8.98. The van der Waals surface area contributed by atoms with E-state index in [1.807, 2.05) is 12.1 Å². The number of amides is 2. The summed E-state index contributed by atoms with van der Waals surface area (Å²) in [6.07, 6.45) is 7.07. The molecule has 3 rings (SSSR count). The van der Waals surface area contributed by atoms with Crippen molar-refractivity contribution in [3.05, 3.63) is 28.8 Å². The molecule has 6 heteroatoms. The summed E-state index contributed by atoms with van der Waals surface area (Å²) < 4.78 is 5.49. The average molecular weight is 408 g/mol. The summed E-state index contributed by atoms with van der Waals surface area (Å²) in [5.41, 5.74) is 1.25. The summed E-state index contributed by atoms with van der Waals surface area (Å²) in [6, 6.07) is 6.29. The molecule has 0 aliphatic heterocycles. The van der Waals surface area contributed by atoms with Gasteiger partial charge in [0.15, 0.2) is 0 Å². The first kappa shape index (κ1) is 21.3. The molecular weight excluding hydrogens is 374 g/mol. The van der Waals surface area contributed by atoms with Crippen LogP contribution < -0.4 is 15.4 Å². The molecule has 1 aromatic carbocycles. The lowest BCUT2D eigenvalue weighted by Gasteiger charge is -2.30. The molecule has 2 fully saturated rings. The third-order valence-corrected chi connectivity index (χ3v) is 6.47. The van der Waals surface area contributed by atoms with Crippen LogP contribution in [0.25, 0.3) is 0 Å². The highest BCUT2D eigenvalue weighted by molar-refractivity contribution is 6.30. The van der Waals surface area contributed by atoms with Gasteiger partial charge in [0.1, 0.15) is 5.75 Å². The molecule has 0 saturated heterocycles. The summed E-state index contributed by atoms with van der Waals surface area (Å²) in [4.78, 5) is 13.4. The third-order valence-electron chi connectivity index (χ3n) is 6.23. The number of carbonyl (C=O) groups is 1. The number of hydrogen-bond acceptors (Lipinski definition) is 3. The number of halogens is 1. The second-order valence-electron chi connectivity index (χ2n) is 8.54. The number of urea groups is 1. The van der Waals surface area contributed by atoms with Crippen molar-refractivity contribution in [1.82, 2.24) is 15.5 Å². The smallest absolute Gasteiger partial charge is 0.317 e. The summed E-state index contributed by atoms with van der Waals surface area (Å²) in [6.45, 7) is 2.14. The van der Waals surface area contributed by atoms with E-state index in [9.17, 15) is 4.79 Å². The highest BCUT2D eigenvalue weighted by Crippen LogP contribution is 2.50. The fourth-order valence-corrected chi connectivity index (χ4v) is 4.52. The minimum absolute atomic E-state index is 0.0282. The highest BCUT2D eigenvalue weighted by atomic mass is 35.5. The van der Waals surface area contributed by atoms with Gasteiger partial charge in [-0.05, 0) is 93.1 Å². The Kier molecular flexibility index (Phi) is 7.47. The maximum absolute atomic E-state index is 11.8. The summed E-state index contributed by atoms with van der Waals surface area (Å²) >= 11 is 6.16. The van der Waals surface area contributed by atoms with E-state index < -0.39 is 0 Å². The lowest BCUT2D eigenvalue weighted by molar-refractivity contribution is 0.203. The predicted octanol–water partition coefficient (Wildman–Crippen LogP) is 4.26. The number of nitrogens with one attached hydrogen (secondary N) is 2. The maximum Gasteiger partial charge on any atom is 0.317 e. The van der Waals surface area contributed by atoms with E-state index in [-0.39, 0.29) is 6.03 Å². The van der Waals surface area contributed by atoms with Crippen molar-refractivity contribution in [2.24, 2.45) is 11.8 Å². The van der Waals surface area contributed by atoms with Gasteiger partial charge in [0, 0.05) is 25.2 Å². The van der Waals surface area contributed by atoms with Gasteiger partial charge in [0.2, 0.25) is 0 Å². The molecule has 0 heterocycles. The van der Waals surface area contributed by atoms with E-state index >= 15 is 0 Å². The molecule has 0 radical (unpaired) electrons. The Morgan fingerprint density at radius 2 is 2.00 bits per heavy atom. The first-order valence-electron chi connectivity index (χ1n) is 10.5. The first-order valence-corrected chi connectivity index (χ1v) is 10.9. The SMILES string of the molecule is COc1ccc(Cl)cc1[C@@H]1C[C@H]1CNCC[C@H]1CC[C@H](NC(=O)N(C)C)CC1. The van der Waals surface area contributed by atoms with E-state index in [0.29, 0.717) is 17.9 Å². The number of nitrogens with zero attached hydrogens (tertiary/aromatic N) is 1. The summed E-state index contributed by atoms with van der Waals surface area (Å²) in [7, 11) is 5.31. The monoisotopic (exact) mass is 407 g/mol. The van der Waals surface area contributed by atoms with E-state index in [2.05, 4.69) is 16.7 Å². The van der Waals surface area contributed by atoms with Crippen LogP contribution in [0.4, 0.5) is 4.79 Å². The van der Waals surface area contributed by atoms with Crippen LogP contribution in [0.2, 0.25) is 5.02 Å². The largest absolute Gasteiger partial charge is 0.496 e. The number of methoxy groups -OCH3 is 1. The molecule has 2 atom stereocenters. The number of hydrogen-bond donors (Lipinski definition) is 2. The zero-order valence-corrected chi connectivity index (χ0v) is 18.1. The van der Waals surface area contributed by atoms with Crippen LogP contribution in [0.5, 0.6) is 5.75 Å². The van der Waals surface area contributed by atoms with Crippen molar-refractivity contribution in [2.75, 3.05) is 34.3 Å². The molecule has 28 heavy (non-hydrogen) atoms. The highest BCUT2D eigenvalue weighted by Gasteiger charge is 2.39. The summed E-state index contributed by atoms with van der Waals surface area (Å²) in [5, 5.41) is 7.55. The quantitative estimate of drug-likeness (QED) is 0.633. The van der Waals surface area contributed by atoms with Gasteiger partial charge in [-0.15, -0.1) is 0 Å². The molecule has 156 valence electrons. The van der Waals surface area contributed by atoms with Gasteiger partial charge in [0.25, 0.3) is 0 Å². The van der Waals surface area contributed by atoms with Gasteiger partial charge >= 0.3 is 6.03 Å². The van der Waals surface area contributed by atoms with Crippen LogP contribution in [-0.4, -0.2) is 51.3 Å². The van der Waals surface area contributed by atoms with Crippen LogP contribution in [0.3, 0.4) is 0 Å². The Morgan fingerprint density at radius 3 is 2.68 bits per heavy atom. The molecular formula is C22H34ClN3O2. The van der Waals surface area contributed by atoms with Crippen molar-refractivity contribution < 1.29 is 9.53 Å². The lowest BCUT2D eigenvalue weighted by atomic mass is 9.84. The number of carbonyl (C=O) groups excluding carboxylic acids is 1. The van der Waals surface area contributed by atoms with Gasteiger partial charge < -0.3 is 20.3 Å². The number of benzene rings is 1. The molecule has 2 saturated carbocycles. The van der Waals surface area contributed by atoms with Crippen LogP contribution in [0.1, 0.15) is 50.0 Å². The minimum atomic E-state index is 0.0282. The van der Waals surface area contributed by atoms with E-state index in [1.54, 1.807) is 26.1 Å². The minimum Gasteiger partial charge on any atom is -0.496 e. The average Bonchev–Trinajstić information content (AvgIpc) is 3.46. The Balaban J connectivity index is 1.31. The maximum atomic E-state index is 11.8. The number of ether oxygens (including phenoxy) is 1. The fourth-order valence-electron chi connectivity index (χ4n) is 4.34. The predicted molar refractivity (Wildman–Crippen MR) is 114 cm³/mol. The second kappa shape index (κ2) is 9.84. The van der Waals surface area contributed by atoms with Crippen LogP contribution >= 0.6 is 11.6 Å². The fraction of sp³-hybridized carbons (Fsp3) is 0.682. The topological polar surface area (TPSA) is 53.6 Å². The molecule has 5 nitrogen and oxygen atoms in total. The zero-order valence-electron chi connectivity index (χ0n) is 17.3. The van der Waals surface area contributed by atoms with Gasteiger partial charge in [-0.2, -0.15) is 0 Å². The Hall–Kier alpha value is -1.46. The molecule has 0 unspecified atom stereocenters. The Bertz CT molecular complexity index is 659. The van der Waals surface area contributed by atoms with Gasteiger partial charge in [-0.25, -0.2) is 4.79 Å². The number of rotatable bonds is 8. The molecule has 0 spiro atoms. The normalized spacial score (nSPS) is 26.6. The zero-order chi connectivity index (χ0) is 20.1. The van der Waals surface area contributed by atoms with E-state index in [0.717, 1.165) is 42.6 Å². The molecule has 0 aromatic heterocycles. The molecule has 2 aliphatic carbocycles. The standard InChI is InChI=1S/C22H34ClN3O2/c1-26(2)22(27)25-18-7-4-15(5-8-18)10-11-24-14-16-12-19(16)20-13-17(23)6-9-21(20)28-3/h6,9,13,15-16,18-19,24H,4-5,7-8,10-12,14H2,1-3H3,(H,25,27)/t15-,16-,18-,19+/m0/s1. The molecule has 0 bridgehead atoms. The van der Waals surface area contributed by atoms with Crippen LogP contribution in [-0.2, 0) is 0 Å². The first-order chi connectivity index (χ1) is 13.5. The molecule has 1 aromatic rings. The Morgan fingerprint density at radius 1 is 1.25 bits per heavy atom. The van der Waals surface area contributed by atoms with E-state index in [1.165, 1.54) is 31.2 Å². The van der Waals surface area contributed by atoms with Gasteiger partial charge in [-0.3, -0.25) is 0 Å². The van der Waals surface area contributed by atoms with Gasteiger partial charge in [0.05, 0.1) is 7.11 Å². The molecule has 2 amide bonds. The van der Waals surface area contributed by atoms with Crippen molar-refractivity contribution in [2.45, 2.75) is 50.5 Å². The van der Waals surface area contributed by atoms with Crippen LogP contribution in [0, 0.1) is 11.8 Å². The van der Waals surface area contributed by atoms with Gasteiger partial charge in [-0.1, -0.05) is 11.6 Å². The molecule has 2 N–H and O–H groups in total. The Labute approximate surface area is 174 Å². The summed E-state index contributed by atoms with van der Waals surface area (Å²) in [5.74, 6) is 2.99. The van der Waals surface area contributed by atoms with Crippen molar-refractivity contribution in [3.63, 3.8) is 0 Å². The molecule has 2 aliphatic rings. The van der Waals surface area contributed by atoms with Crippen molar-refractivity contribution in [1.29, 1.82) is 0 Å². The van der Waals surface area contributed by atoms with Crippen molar-refractivity contribution >= 4 is 17.6 Å². The third kappa shape index (κ3) is 5.77.